The Labute approximate surface area is 815 Å². The Morgan fingerprint density at radius 1 is 0.357 bits per heavy atom. The first-order valence-electron chi connectivity index (χ1n) is 36.5. The van der Waals surface area contributed by atoms with Crippen LogP contribution in [0.1, 0.15) is 162 Å². The number of halogens is 8. The van der Waals surface area contributed by atoms with Crippen LogP contribution in [0.4, 0.5) is 0 Å². The summed E-state index contributed by atoms with van der Waals surface area (Å²) in [6, 6.07) is 35.9. The van der Waals surface area contributed by atoms with Crippen LogP contribution in [0.3, 0.4) is 0 Å². The Balaban J connectivity index is -0.000000148. The molecule has 0 spiro atoms. The number of amides is 2. The van der Waals surface area contributed by atoms with Crippen molar-refractivity contribution < 1.29 is 175 Å². The first kappa shape index (κ1) is 140. The van der Waals surface area contributed by atoms with E-state index >= 15 is 0 Å². The Morgan fingerprint density at radius 3 is 0.738 bits per heavy atom. The summed E-state index contributed by atoms with van der Waals surface area (Å²) in [4.78, 5) is 116. The van der Waals surface area contributed by atoms with Crippen molar-refractivity contribution in [2.45, 2.75) is 203 Å². The Morgan fingerprint density at radius 2 is 0.556 bits per heavy atom. The zero-order valence-electron chi connectivity index (χ0n) is 69.2. The van der Waals surface area contributed by atoms with Crippen molar-refractivity contribution in [3.63, 3.8) is 0 Å². The Kier molecular flexibility index (Phi) is 96.8. The number of aromatic nitrogens is 4. The van der Waals surface area contributed by atoms with Crippen molar-refractivity contribution in [2.24, 2.45) is 0 Å². The number of carboxylic acids is 8. The van der Waals surface area contributed by atoms with E-state index in [2.05, 4.69) is 82.5 Å². The van der Waals surface area contributed by atoms with Crippen LogP contribution in [0.5, 0.6) is 0 Å². The van der Waals surface area contributed by atoms with Crippen molar-refractivity contribution in [2.75, 3.05) is 13.1 Å². The van der Waals surface area contributed by atoms with Crippen LogP contribution in [-0.2, 0) is 136 Å². The van der Waals surface area contributed by atoms with Gasteiger partial charge < -0.3 is 110 Å². The number of aliphatic carboxylic acids is 8. The number of carboxylic acid groups (broad SMARTS) is 8. The number of carbonyl (C=O) groups excluding carboxylic acids is 2. The maximum absolute atomic E-state index is 10.9. The molecule has 0 radical (unpaired) electrons. The summed E-state index contributed by atoms with van der Waals surface area (Å²) >= 11 is 18.2. The number of nitrogens with zero attached hydrogens (tertiary/aromatic N) is 4. The molecule has 0 saturated heterocycles. The zero-order chi connectivity index (χ0) is 89.5. The second-order valence-corrected chi connectivity index (χ2v) is 34.2. The van der Waals surface area contributed by atoms with Crippen molar-refractivity contribution in [3.8, 4) is 0 Å². The summed E-state index contributed by atoms with van der Waals surface area (Å²) in [6.45, 7) is 9.12. The summed E-state index contributed by atoms with van der Waals surface area (Å²) in [7, 11) is 19.5. The minimum Gasteiger partial charge on any atom is -0.693 e. The number of hydrogen-bond donors (Lipinski definition) is 10. The number of pyridine rings is 4. The summed E-state index contributed by atoms with van der Waals surface area (Å²) in [5.74, 6) is -8.45. The number of benzene rings is 4. The maximum atomic E-state index is 10.9. The number of hydrogen-bond acceptors (Lipinski definition) is 14. The minimum atomic E-state index is -1.29. The molecule has 4 atom stereocenters. The molecule has 46 heteroatoms. The van der Waals surface area contributed by atoms with E-state index in [0.29, 0.717) is 12.8 Å². The molecule has 4 aromatic heterocycles. The van der Waals surface area contributed by atoms with E-state index in [1.807, 2.05) is 110 Å². The van der Waals surface area contributed by atoms with Crippen LogP contribution in [0.15, 0.2) is 134 Å². The first-order chi connectivity index (χ1) is 55.9. The normalized spacial score (nSPS) is 13.0. The van der Waals surface area contributed by atoms with E-state index in [0.717, 1.165) is 73.4 Å². The molecular weight excluding hydrogens is 2540 g/mol. The third-order valence-corrected chi connectivity index (χ3v) is 17.4. The number of rotatable bonds is 24. The van der Waals surface area contributed by atoms with Crippen LogP contribution >= 0.6 is 84.1 Å². The topological polar surface area (TPSA) is 700 Å². The molecule has 0 aliphatic heterocycles. The van der Waals surface area contributed by atoms with E-state index < -0.39 is 90.4 Å². The third kappa shape index (κ3) is 69.8. The third-order valence-electron chi connectivity index (χ3n) is 16.6. The SMILES string of the molecule is Cc1c(C)c2cccnc2c2ncccc12.Cc1c(C)c2cccnc2c2ncccc12.O.O.O=C(O)C(Cl)Cl.O=C(O)C(Cl)Cl.O=C(O)CCCNC(=O)CCC(=O)O.O=C(O)CCCNC(=O)CCC(=O)O.O=C(O)CCCc1ccccc1.O=C(O)CCCc1ccccc1.[Cl][Pt+2][Cl].[Cl][Pt+2][Cl].[NH-][C@H]1CCCC[C@@H]1[NH-].[NH-][C@H]1CCCC[C@@H]1[NH-].[NH2-].[NH2-].[NH2-].[NH2-].[Pt+2].[Pt+2]. The molecule has 126 heavy (non-hydrogen) atoms. The summed E-state index contributed by atoms with van der Waals surface area (Å²) < 4.78 is 0. The van der Waals surface area contributed by atoms with Gasteiger partial charge in [-0.1, -0.05) is 183 Å². The quantitative estimate of drug-likeness (QED) is 0.0153. The monoisotopic (exact) mass is 2650 g/mol. The first-order valence-corrected chi connectivity index (χ1v) is 49.5. The molecule has 4 aromatic carbocycles. The van der Waals surface area contributed by atoms with Gasteiger partial charge in [-0.15, -0.1) is 0 Å². The number of aryl methyl sites for hydroxylation is 6. The van der Waals surface area contributed by atoms with E-state index in [1.54, 1.807) is 0 Å². The maximum Gasteiger partial charge on any atom is 2.00 e. The van der Waals surface area contributed by atoms with Gasteiger partial charge in [-0.05, 0) is 124 Å². The number of nitrogens with two attached hydrogens (primary N) is 4. The smallest absolute Gasteiger partial charge is 0.693 e. The van der Waals surface area contributed by atoms with E-state index in [1.165, 1.54) is 80.6 Å². The molecule has 2 aliphatic carbocycles. The molecular formula is C80H114Cl8N14O20Pt4. The van der Waals surface area contributed by atoms with E-state index in [9.17, 15) is 47.9 Å². The molecule has 26 N–H and O–H groups in total. The molecule has 8 aromatic rings. The fourth-order valence-corrected chi connectivity index (χ4v) is 10.4. The predicted molar refractivity (Wildman–Crippen MR) is 488 cm³/mol. The predicted octanol–water partition coefficient (Wildman–Crippen LogP) is 21.2. The van der Waals surface area contributed by atoms with Gasteiger partial charge in [-0.3, -0.25) is 58.3 Å². The molecule has 2 aliphatic rings. The average Bonchev–Trinajstić information content (AvgIpc) is 0.772. The van der Waals surface area contributed by atoms with Crippen LogP contribution in [-0.4, -0.2) is 178 Å². The fraction of sp³-hybridized carbons (Fsp3) is 0.425. The molecule has 2 fully saturated rings. The van der Waals surface area contributed by atoms with Gasteiger partial charge in [0.25, 0.3) is 0 Å². The molecule has 34 nitrogen and oxygen atoms in total. The van der Waals surface area contributed by atoms with Crippen LogP contribution in [0.2, 0.25) is 0 Å². The molecule has 10 rings (SSSR count). The summed E-state index contributed by atoms with van der Waals surface area (Å²) in [5, 5.41) is 74.9. The zero-order valence-corrected chi connectivity index (χ0v) is 84.3. The van der Waals surface area contributed by atoms with E-state index in [-0.39, 0.29) is 178 Å². The van der Waals surface area contributed by atoms with Gasteiger partial charge in [0.15, 0.2) is 0 Å². The van der Waals surface area contributed by atoms with Gasteiger partial charge >= 0.3 is 161 Å². The Bertz CT molecular complexity index is 3880. The van der Waals surface area contributed by atoms with Gasteiger partial charge in [0.2, 0.25) is 21.5 Å². The molecule has 0 bridgehead atoms. The van der Waals surface area contributed by atoms with Gasteiger partial charge in [0, 0.05) is 97.9 Å². The molecule has 720 valence electrons. The van der Waals surface area contributed by atoms with Gasteiger partial charge in [0.1, 0.15) is 0 Å². The number of carbonyl (C=O) groups is 10. The van der Waals surface area contributed by atoms with Crippen molar-refractivity contribution in [3.05, 3.63) is 215 Å². The standard InChI is InChI=1S/2C14H12N2.2C10H12O2.2C8H13NO5.2C6H12N2.2C2H2Cl2O2.4ClH.4H2N.2H2O.4Pt/c2*1-9-10(2)12-6-4-8-16-14(12)13-11(9)5-3-7-15-13;2*11-10(12)8-4-7-9-5-2-1-3-6-9;2*10-6(3-4-8(13)14)9-5-1-2-7(11)12;2*7-5-3-1-2-4-6(5)8;2*3-1(4)2(5)6;;;;;;;;;;;;;;/h2*3-8H,1-2H3;2*1-3,5-6H,4,7-8H2,(H,11,12);2*1-5H2,(H,9,10)(H,11,12)(H,13,14);2*5-8H,1-4H2;2*1H,(H,5,6);4*1H;6*1H2;;;;/q;;;;;;2*-2;;;;;;;4*-1;;;2*+2;2*+4/p-4/t;;;;;;2*5-,6-;;;;;;;;;;;;;;;;/m......00................/s1. The summed E-state index contributed by atoms with van der Waals surface area (Å²) in [5.41, 5.74) is 40.8. The van der Waals surface area contributed by atoms with Crippen molar-refractivity contribution in [1.82, 2.24) is 30.6 Å². The largest absolute Gasteiger partial charge is 2.00 e. The molecule has 2 amide bonds. The van der Waals surface area contributed by atoms with Crippen LogP contribution < -0.4 is 10.6 Å². The van der Waals surface area contributed by atoms with Gasteiger partial charge in [0.05, 0.1) is 34.9 Å². The van der Waals surface area contributed by atoms with Crippen molar-refractivity contribution >= 4 is 187 Å². The Hall–Kier alpha value is -6.11. The molecule has 0 unspecified atom stereocenters. The number of nitrogens with one attached hydrogen (secondary N) is 6. The fourth-order valence-electron chi connectivity index (χ4n) is 10.4. The van der Waals surface area contributed by atoms with Crippen LogP contribution in [0, 0.1) is 27.7 Å². The minimum absolute atomic E-state index is 0. The molecule has 4 heterocycles. The van der Waals surface area contributed by atoms with Crippen molar-refractivity contribution in [1.29, 1.82) is 0 Å². The second-order valence-electron chi connectivity index (χ2n) is 25.4. The molecule has 2 saturated carbocycles. The number of fused-ring (bicyclic) bond motifs is 6. The van der Waals surface area contributed by atoms with Gasteiger partial charge in [-0.25, -0.2) is 9.59 Å². The van der Waals surface area contributed by atoms with Crippen LogP contribution in [0.25, 0.3) is 91.1 Å². The van der Waals surface area contributed by atoms with E-state index in [4.69, 9.17) is 148 Å². The average molecular weight is 2660 g/mol. The van der Waals surface area contributed by atoms with Gasteiger partial charge in [-0.2, -0.15) is 24.2 Å². The summed E-state index contributed by atoms with van der Waals surface area (Å²) in [6.07, 6.45) is 19.6. The number of alkyl halides is 4. The second kappa shape index (κ2) is 86.9.